The van der Waals surface area contributed by atoms with E-state index in [0.29, 0.717) is 19.4 Å². The van der Waals surface area contributed by atoms with E-state index in [1.807, 2.05) is 13.1 Å². The van der Waals surface area contributed by atoms with Crippen LogP contribution in [-0.2, 0) is 50.0 Å². The number of carbonyl (C=O) groups is 5. The Morgan fingerprint density at radius 3 is 2.52 bits per heavy atom. The minimum atomic E-state index is -1.96. The van der Waals surface area contributed by atoms with Crippen molar-refractivity contribution in [3.05, 3.63) is 35.1 Å². The van der Waals surface area contributed by atoms with Gasteiger partial charge in [-0.1, -0.05) is 6.07 Å². The van der Waals surface area contributed by atoms with Crippen LogP contribution in [0.3, 0.4) is 0 Å². The first-order chi connectivity index (χ1) is 19.8. The molecule has 2 heterocycles. The summed E-state index contributed by atoms with van der Waals surface area (Å²) in [5, 5.41) is 40.5. The number of likely N-dealkylation sites (N-methyl/N-ethyl adjacent to an activating group) is 1. The highest BCUT2D eigenvalue weighted by atomic mass is 16.6. The van der Waals surface area contributed by atoms with E-state index >= 15 is 0 Å². The van der Waals surface area contributed by atoms with Gasteiger partial charge in [0, 0.05) is 18.0 Å². The normalized spacial score (nSPS) is 28.3. The van der Waals surface area contributed by atoms with Gasteiger partial charge in [0.05, 0.1) is 30.3 Å². The van der Waals surface area contributed by atoms with Gasteiger partial charge in [-0.25, -0.2) is 9.59 Å². The Labute approximate surface area is 239 Å². The predicted molar refractivity (Wildman–Crippen MR) is 137 cm³/mol. The molecule has 0 unspecified atom stereocenters. The molecular weight excluding hydrogens is 558 g/mol. The molecule has 1 fully saturated rings. The summed E-state index contributed by atoms with van der Waals surface area (Å²) in [6.07, 6.45) is -3.45. The van der Waals surface area contributed by atoms with Crippen LogP contribution in [0.1, 0.15) is 50.2 Å². The summed E-state index contributed by atoms with van der Waals surface area (Å²) in [5.74, 6) is -5.85. The Morgan fingerprint density at radius 1 is 1.12 bits per heavy atom. The van der Waals surface area contributed by atoms with Gasteiger partial charge >= 0.3 is 29.8 Å². The first-order valence-electron chi connectivity index (χ1n) is 13.5. The van der Waals surface area contributed by atoms with Crippen LogP contribution < -0.4 is 4.74 Å². The van der Waals surface area contributed by atoms with E-state index in [-0.39, 0.29) is 29.7 Å². The Kier molecular flexibility index (Phi) is 7.39. The van der Waals surface area contributed by atoms with E-state index in [9.17, 15) is 34.2 Å². The molecule has 226 valence electrons. The maximum Gasteiger partial charge on any atom is 0.348 e. The van der Waals surface area contributed by atoms with Crippen LogP contribution in [0.5, 0.6) is 11.5 Å². The van der Waals surface area contributed by atoms with Gasteiger partial charge < -0.3 is 44.3 Å². The zero-order chi connectivity index (χ0) is 30.6. The third-order valence-electron chi connectivity index (χ3n) is 8.65. The molecule has 6 atom stereocenters. The molecule has 14 nitrogen and oxygen atoms in total. The predicted octanol–water partition coefficient (Wildman–Crippen LogP) is 0.396. The molecule has 42 heavy (non-hydrogen) atoms. The van der Waals surface area contributed by atoms with Crippen molar-refractivity contribution in [2.24, 2.45) is 0 Å². The largest absolute Gasteiger partial charge is 0.504 e. The number of aliphatic carboxylic acids is 2. The number of aromatic hydroxyl groups is 1. The van der Waals surface area contributed by atoms with Crippen molar-refractivity contribution in [2.75, 3.05) is 13.6 Å². The van der Waals surface area contributed by atoms with Gasteiger partial charge in [0.15, 0.2) is 23.7 Å². The lowest BCUT2D eigenvalue weighted by atomic mass is 9.50. The van der Waals surface area contributed by atoms with Crippen molar-refractivity contribution in [1.29, 1.82) is 0 Å². The molecule has 4 aliphatic rings. The molecule has 4 N–H and O–H groups in total. The third kappa shape index (κ3) is 4.64. The number of aliphatic hydroxyl groups is 1. The molecule has 1 aromatic carbocycles. The van der Waals surface area contributed by atoms with Crippen LogP contribution in [0.4, 0.5) is 0 Å². The monoisotopic (exact) mass is 589 g/mol. The number of esters is 3. The topological polar surface area (TPSA) is 206 Å². The quantitative estimate of drug-likeness (QED) is 0.215. The second kappa shape index (κ2) is 10.6. The van der Waals surface area contributed by atoms with Gasteiger partial charge in [-0.05, 0) is 51.1 Å². The van der Waals surface area contributed by atoms with Gasteiger partial charge in [0.1, 0.15) is 5.76 Å². The SMILES string of the molecule is C[C@H](OC(=O)CCC(=O)OC1=CC[C@@]2(O)[C@H]3Cc4ccc(O)c5c4[C@@]2(CCN3C)[C@H]1O5)C(=O)O[C@H](CC(=O)O)C(=O)O. The van der Waals surface area contributed by atoms with Crippen molar-refractivity contribution in [3.63, 3.8) is 0 Å². The number of carboxylic acids is 2. The standard InChI is InChI=1S/C28H31NO13/c1-13(26(37)41-17(25(35)36)12-19(31)32)39-20(33)5-6-21(34)40-16-7-8-28(38)18-11-14-3-4-15(30)23-22(14)27(28,24(16)42-23)9-10-29(18)2/h3-4,7,13,17-18,24,30,38H,5-6,8-12H2,1-2H3,(H,31,32)(H,35,36)/t13-,17+,18+,24-,27-,28+/m0/s1. The lowest BCUT2D eigenvalue weighted by molar-refractivity contribution is -0.178. The van der Waals surface area contributed by atoms with Gasteiger partial charge in [0.2, 0.25) is 6.10 Å². The molecule has 0 saturated carbocycles. The number of phenolic OH excluding ortho intramolecular Hbond substituents is 1. The number of benzene rings is 1. The van der Waals surface area contributed by atoms with Gasteiger partial charge in [-0.3, -0.25) is 14.4 Å². The van der Waals surface area contributed by atoms with Crippen LogP contribution in [0.2, 0.25) is 0 Å². The smallest absolute Gasteiger partial charge is 0.348 e. The number of ether oxygens (including phenoxy) is 4. The summed E-state index contributed by atoms with van der Waals surface area (Å²) in [6.45, 7) is 1.77. The molecule has 5 rings (SSSR count). The molecule has 0 aromatic heterocycles. The average molecular weight is 590 g/mol. The van der Waals surface area contributed by atoms with Crippen LogP contribution in [0, 0.1) is 0 Å². The lowest BCUT2D eigenvalue weighted by Crippen LogP contribution is -2.74. The van der Waals surface area contributed by atoms with E-state index < -0.39 is 78.4 Å². The Morgan fingerprint density at radius 2 is 1.83 bits per heavy atom. The highest BCUT2D eigenvalue weighted by Gasteiger charge is 2.72. The number of carbonyl (C=O) groups excluding carboxylic acids is 3. The van der Waals surface area contributed by atoms with Crippen LogP contribution in [0.25, 0.3) is 0 Å². The Hall–Kier alpha value is -4.17. The molecule has 2 bridgehead atoms. The first-order valence-corrected chi connectivity index (χ1v) is 13.5. The Bertz CT molecular complexity index is 1390. The van der Waals surface area contributed by atoms with Crippen LogP contribution in [-0.4, -0.2) is 98.7 Å². The minimum Gasteiger partial charge on any atom is -0.504 e. The van der Waals surface area contributed by atoms with Crippen LogP contribution in [0.15, 0.2) is 24.0 Å². The van der Waals surface area contributed by atoms with E-state index in [0.717, 1.165) is 18.1 Å². The highest BCUT2D eigenvalue weighted by Crippen LogP contribution is 2.65. The molecule has 0 radical (unpaired) electrons. The zero-order valence-corrected chi connectivity index (χ0v) is 22.9. The lowest BCUT2D eigenvalue weighted by Gasteiger charge is -2.61. The molecular formula is C28H31NO13. The number of hydrogen-bond acceptors (Lipinski definition) is 12. The van der Waals surface area contributed by atoms with Crippen molar-refractivity contribution in [3.8, 4) is 11.5 Å². The molecule has 14 heteroatoms. The number of rotatable bonds is 10. The maximum atomic E-state index is 12.8. The van der Waals surface area contributed by atoms with E-state index in [4.69, 9.17) is 24.4 Å². The number of hydrogen-bond donors (Lipinski definition) is 4. The fraction of sp³-hybridized carbons (Fsp3) is 0.536. The van der Waals surface area contributed by atoms with E-state index in [2.05, 4.69) is 9.64 Å². The number of nitrogens with zero attached hydrogens (tertiary/aromatic N) is 1. The number of piperidine rings is 1. The fourth-order valence-corrected chi connectivity index (χ4v) is 6.70. The van der Waals surface area contributed by atoms with Crippen molar-refractivity contribution in [2.45, 2.75) is 80.8 Å². The average Bonchev–Trinajstić information content (AvgIpc) is 3.28. The number of carboxylic acid groups (broad SMARTS) is 2. The fourth-order valence-electron chi connectivity index (χ4n) is 6.70. The van der Waals surface area contributed by atoms with Gasteiger partial charge in [-0.2, -0.15) is 0 Å². The minimum absolute atomic E-state index is 0.0732. The summed E-state index contributed by atoms with van der Waals surface area (Å²) >= 11 is 0. The maximum absolute atomic E-state index is 12.8. The Balaban J connectivity index is 1.23. The van der Waals surface area contributed by atoms with E-state index in [1.165, 1.54) is 0 Å². The highest BCUT2D eigenvalue weighted by molar-refractivity contribution is 5.85. The first kappa shape index (κ1) is 29.3. The number of phenols is 1. The van der Waals surface area contributed by atoms with Crippen molar-refractivity contribution < 1.29 is 63.3 Å². The third-order valence-corrected chi connectivity index (χ3v) is 8.65. The van der Waals surface area contributed by atoms with E-state index in [1.54, 1.807) is 12.1 Å². The van der Waals surface area contributed by atoms with Crippen LogP contribution >= 0.6 is 0 Å². The molecule has 2 aliphatic carbocycles. The molecule has 1 aromatic rings. The van der Waals surface area contributed by atoms with Gasteiger partial charge in [0.25, 0.3) is 0 Å². The summed E-state index contributed by atoms with van der Waals surface area (Å²) in [6, 6.07) is 3.16. The second-order valence-corrected chi connectivity index (χ2v) is 11.1. The molecule has 2 aliphatic heterocycles. The summed E-state index contributed by atoms with van der Waals surface area (Å²) in [7, 11) is 1.95. The van der Waals surface area contributed by atoms with Gasteiger partial charge in [-0.15, -0.1) is 0 Å². The zero-order valence-electron chi connectivity index (χ0n) is 22.9. The molecule has 0 amide bonds. The van der Waals surface area contributed by atoms with Crippen molar-refractivity contribution >= 4 is 29.8 Å². The number of likely N-dealkylation sites (tertiary alicyclic amines) is 1. The summed E-state index contributed by atoms with van der Waals surface area (Å²) in [4.78, 5) is 61.1. The molecule has 1 spiro atoms. The van der Waals surface area contributed by atoms with Crippen molar-refractivity contribution in [1.82, 2.24) is 4.90 Å². The summed E-state index contributed by atoms with van der Waals surface area (Å²) in [5.41, 5.74) is -0.490. The molecule has 1 saturated heterocycles. The second-order valence-electron chi connectivity index (χ2n) is 11.1. The summed E-state index contributed by atoms with van der Waals surface area (Å²) < 4.78 is 21.4.